The normalized spacial score (nSPS) is 13.5. The number of nitrogens with zero attached hydrogens (tertiary/aromatic N) is 5. The third-order valence-corrected chi connectivity index (χ3v) is 4.01. The van der Waals surface area contributed by atoms with E-state index in [4.69, 9.17) is 9.47 Å². The lowest BCUT2D eigenvalue weighted by Crippen LogP contribution is -2.26. The highest BCUT2D eigenvalue weighted by molar-refractivity contribution is 6.05. The summed E-state index contributed by atoms with van der Waals surface area (Å²) in [5, 5.41) is 12.3. The van der Waals surface area contributed by atoms with Gasteiger partial charge in [0.15, 0.2) is 0 Å². The summed E-state index contributed by atoms with van der Waals surface area (Å²) < 4.78 is 9.72. The van der Waals surface area contributed by atoms with Crippen LogP contribution in [0.3, 0.4) is 0 Å². The molecule has 1 aliphatic rings. The monoisotopic (exact) mass is 381 g/mol. The van der Waals surface area contributed by atoms with Crippen LogP contribution in [0.1, 0.15) is 6.92 Å². The van der Waals surface area contributed by atoms with Crippen molar-refractivity contribution in [2.75, 3.05) is 19.1 Å². The van der Waals surface area contributed by atoms with E-state index < -0.39 is 11.9 Å². The molecule has 0 fully saturated rings. The Balaban J connectivity index is 2.11. The van der Waals surface area contributed by atoms with Gasteiger partial charge in [-0.1, -0.05) is 18.2 Å². The van der Waals surface area contributed by atoms with Crippen molar-refractivity contribution in [3.8, 4) is 11.4 Å². The van der Waals surface area contributed by atoms with E-state index in [9.17, 15) is 9.59 Å². The lowest BCUT2D eigenvalue weighted by molar-refractivity contribution is -0.139. The molecule has 0 unspecified atom stereocenters. The van der Waals surface area contributed by atoms with Crippen LogP contribution < -0.4 is 4.90 Å². The Morgan fingerprint density at radius 3 is 2.57 bits per heavy atom. The van der Waals surface area contributed by atoms with Crippen LogP contribution in [0, 0.1) is 0 Å². The van der Waals surface area contributed by atoms with E-state index in [1.807, 2.05) is 13.0 Å². The number of esters is 2. The lowest BCUT2D eigenvalue weighted by atomic mass is 10.1. The number of ether oxygens (including phenoxy) is 2. The molecule has 3 rings (SSSR count). The highest BCUT2D eigenvalue weighted by atomic mass is 16.5. The molecule has 0 saturated heterocycles. The van der Waals surface area contributed by atoms with Crippen molar-refractivity contribution < 1.29 is 19.1 Å². The Hall–Kier alpha value is -3.75. The van der Waals surface area contributed by atoms with Crippen molar-refractivity contribution in [2.45, 2.75) is 13.5 Å². The van der Waals surface area contributed by atoms with Gasteiger partial charge in [0.25, 0.3) is 0 Å². The van der Waals surface area contributed by atoms with Crippen LogP contribution in [0.4, 0.5) is 5.69 Å². The van der Waals surface area contributed by atoms with Gasteiger partial charge in [0.2, 0.25) is 5.82 Å². The minimum atomic E-state index is -0.669. The lowest BCUT2D eigenvalue weighted by Gasteiger charge is -2.23. The first-order valence-electron chi connectivity index (χ1n) is 8.52. The number of carbonyl (C=O) groups excluding carboxylic acids is 2. The van der Waals surface area contributed by atoms with Gasteiger partial charge in [0.05, 0.1) is 26.3 Å². The fraction of sp³-hybridized carbons (Fsp3) is 0.211. The highest BCUT2D eigenvalue weighted by Gasteiger charge is 2.27. The van der Waals surface area contributed by atoms with Crippen molar-refractivity contribution in [2.24, 2.45) is 0 Å². The van der Waals surface area contributed by atoms with Gasteiger partial charge < -0.3 is 14.4 Å². The number of aromatic nitrogens is 4. The minimum Gasteiger partial charge on any atom is -0.465 e. The first-order valence-corrected chi connectivity index (χ1v) is 8.52. The van der Waals surface area contributed by atoms with E-state index in [-0.39, 0.29) is 11.3 Å². The van der Waals surface area contributed by atoms with E-state index in [1.54, 1.807) is 41.5 Å². The second kappa shape index (κ2) is 8.30. The van der Waals surface area contributed by atoms with Crippen molar-refractivity contribution in [3.05, 3.63) is 60.0 Å². The van der Waals surface area contributed by atoms with Crippen LogP contribution in [0.25, 0.3) is 11.4 Å². The Morgan fingerprint density at radius 2 is 1.89 bits per heavy atom. The van der Waals surface area contributed by atoms with Crippen LogP contribution in [0.2, 0.25) is 0 Å². The molecule has 2 aromatic rings. The molecule has 0 saturated carbocycles. The molecule has 0 N–H and O–H groups in total. The number of benzene rings is 1. The number of tetrazole rings is 1. The molecule has 9 nitrogen and oxygen atoms in total. The summed E-state index contributed by atoms with van der Waals surface area (Å²) in [5.74, 6) is -0.858. The molecule has 0 spiro atoms. The van der Waals surface area contributed by atoms with Crippen LogP contribution in [-0.2, 0) is 25.6 Å². The van der Waals surface area contributed by atoms with Gasteiger partial charge in [0.1, 0.15) is 5.70 Å². The molecule has 1 aromatic carbocycles. The van der Waals surface area contributed by atoms with Crippen molar-refractivity contribution >= 4 is 17.6 Å². The fourth-order valence-electron chi connectivity index (χ4n) is 2.65. The van der Waals surface area contributed by atoms with E-state index in [2.05, 4.69) is 15.4 Å². The van der Waals surface area contributed by atoms with E-state index >= 15 is 0 Å². The first-order chi connectivity index (χ1) is 13.6. The van der Waals surface area contributed by atoms with Crippen molar-refractivity contribution in [1.29, 1.82) is 0 Å². The molecule has 2 heterocycles. The summed E-state index contributed by atoms with van der Waals surface area (Å²) in [5.41, 5.74) is 1.46. The third kappa shape index (κ3) is 3.68. The summed E-state index contributed by atoms with van der Waals surface area (Å²) >= 11 is 0. The summed E-state index contributed by atoms with van der Waals surface area (Å²) in [6.45, 7) is 2.52. The first kappa shape index (κ1) is 19.0. The largest absolute Gasteiger partial charge is 0.465 e. The van der Waals surface area contributed by atoms with Crippen molar-refractivity contribution in [1.82, 2.24) is 20.2 Å². The number of anilines is 1. The molecule has 28 heavy (non-hydrogen) atoms. The fourth-order valence-corrected chi connectivity index (χ4v) is 2.65. The summed E-state index contributed by atoms with van der Waals surface area (Å²) in [7, 11) is 2.51. The number of hydrogen-bond donors (Lipinski definition) is 0. The Kier molecular flexibility index (Phi) is 5.64. The van der Waals surface area contributed by atoms with Crippen LogP contribution in [-0.4, -0.2) is 46.4 Å². The molecular formula is C19H19N5O4. The molecular weight excluding hydrogens is 362 g/mol. The summed E-state index contributed by atoms with van der Waals surface area (Å²) in [6.07, 6.45) is 6.52. The average Bonchev–Trinajstić information content (AvgIpc) is 3.11. The number of rotatable bonds is 5. The van der Waals surface area contributed by atoms with E-state index in [0.717, 1.165) is 0 Å². The molecule has 144 valence electrons. The van der Waals surface area contributed by atoms with Gasteiger partial charge >= 0.3 is 11.9 Å². The van der Waals surface area contributed by atoms with Gasteiger partial charge in [-0.2, -0.15) is 4.80 Å². The van der Waals surface area contributed by atoms with Crippen molar-refractivity contribution in [3.63, 3.8) is 0 Å². The minimum absolute atomic E-state index is 0.0432. The van der Waals surface area contributed by atoms with E-state index in [0.29, 0.717) is 23.6 Å². The summed E-state index contributed by atoms with van der Waals surface area (Å²) in [4.78, 5) is 27.8. The van der Waals surface area contributed by atoms with Crippen LogP contribution in [0.15, 0.2) is 60.0 Å². The SMILES string of the molecule is CCn1nnc(-c2cccc(N3C=CC=CC(C(=O)OC)=C3C(=O)OC)c2)n1. The topological polar surface area (TPSA) is 99.4 Å². The number of aryl methyl sites for hydroxylation is 1. The molecule has 0 amide bonds. The van der Waals surface area contributed by atoms with E-state index in [1.165, 1.54) is 25.1 Å². The van der Waals surface area contributed by atoms with Gasteiger partial charge in [0, 0.05) is 17.5 Å². The zero-order valence-electron chi connectivity index (χ0n) is 15.7. The molecule has 1 aromatic heterocycles. The number of allylic oxidation sites excluding steroid dienone is 2. The molecule has 9 heteroatoms. The second-order valence-corrected chi connectivity index (χ2v) is 5.67. The van der Waals surface area contributed by atoms with Gasteiger partial charge in [-0.25, -0.2) is 9.59 Å². The molecule has 0 bridgehead atoms. The Bertz CT molecular complexity index is 990. The average molecular weight is 381 g/mol. The summed E-state index contributed by atoms with van der Waals surface area (Å²) in [6, 6.07) is 7.23. The van der Waals surface area contributed by atoms with Gasteiger partial charge in [-0.15, -0.1) is 10.2 Å². The zero-order chi connectivity index (χ0) is 20.1. The number of carbonyl (C=O) groups is 2. The third-order valence-electron chi connectivity index (χ3n) is 4.01. The zero-order valence-corrected chi connectivity index (χ0v) is 15.7. The highest BCUT2D eigenvalue weighted by Crippen LogP contribution is 2.29. The molecule has 0 aliphatic carbocycles. The standard InChI is InChI=1S/C19H19N5O4/c1-4-24-21-17(20-22-24)13-8-7-9-14(12-13)23-11-6-5-10-15(18(25)27-2)16(23)19(26)28-3/h5-12H,4H2,1-3H3. The predicted octanol–water partition coefficient (Wildman–Crippen LogP) is 1.85. The maximum absolute atomic E-state index is 12.5. The second-order valence-electron chi connectivity index (χ2n) is 5.67. The van der Waals surface area contributed by atoms with Gasteiger partial charge in [-0.3, -0.25) is 0 Å². The molecule has 1 aliphatic heterocycles. The quantitative estimate of drug-likeness (QED) is 0.724. The van der Waals surface area contributed by atoms with Crippen LogP contribution in [0.5, 0.6) is 0 Å². The van der Waals surface area contributed by atoms with Crippen LogP contribution >= 0.6 is 0 Å². The predicted molar refractivity (Wildman–Crippen MR) is 101 cm³/mol. The Labute approximate surface area is 161 Å². The number of methoxy groups -OCH3 is 2. The smallest absolute Gasteiger partial charge is 0.355 e. The van der Waals surface area contributed by atoms with Gasteiger partial charge in [-0.05, 0) is 36.4 Å². The Morgan fingerprint density at radius 1 is 1.11 bits per heavy atom. The maximum Gasteiger partial charge on any atom is 0.355 e. The molecule has 0 radical (unpaired) electrons. The maximum atomic E-state index is 12.5. The molecule has 0 atom stereocenters. The number of hydrogen-bond acceptors (Lipinski definition) is 8.